The van der Waals surface area contributed by atoms with Gasteiger partial charge in [-0.25, -0.2) is 13.1 Å². The monoisotopic (exact) mass is 302 g/mol. The first-order valence-corrected chi connectivity index (χ1v) is 7.43. The molecule has 3 N–H and O–H groups in total. The average Bonchev–Trinajstić information content (AvgIpc) is 2.16. The van der Waals surface area contributed by atoms with Gasteiger partial charge in [-0.2, -0.15) is 0 Å². The van der Waals surface area contributed by atoms with Gasteiger partial charge < -0.3 is 10.5 Å². The molecule has 0 aliphatic rings. The van der Waals surface area contributed by atoms with E-state index >= 15 is 0 Å². The molecule has 2 atom stereocenters. The summed E-state index contributed by atoms with van der Waals surface area (Å²) in [6.07, 6.45) is 0.711. The first kappa shape index (κ1) is 20.4. The van der Waals surface area contributed by atoms with E-state index in [1.54, 1.807) is 6.92 Å². The lowest BCUT2D eigenvalue weighted by molar-refractivity contribution is 0.199. The summed E-state index contributed by atoms with van der Waals surface area (Å²) in [5.41, 5.74) is 5.09. The van der Waals surface area contributed by atoms with Crippen LogP contribution >= 0.6 is 12.4 Å². The number of halogens is 1. The van der Waals surface area contributed by atoms with Crippen LogP contribution in [0.25, 0.3) is 0 Å². The molecular formula is C11H27ClN2O3S. The van der Waals surface area contributed by atoms with Gasteiger partial charge in [-0.05, 0) is 26.2 Å². The minimum Gasteiger partial charge on any atom is -0.383 e. The summed E-state index contributed by atoms with van der Waals surface area (Å²) in [6.45, 7) is 8.01. The molecule has 112 valence electrons. The molecule has 0 bridgehead atoms. The summed E-state index contributed by atoms with van der Waals surface area (Å²) in [6, 6.07) is 0. The van der Waals surface area contributed by atoms with Crippen LogP contribution in [0.2, 0.25) is 0 Å². The molecule has 0 rings (SSSR count). The number of hydrogen-bond acceptors (Lipinski definition) is 4. The normalized spacial score (nSPS) is 17.1. The Kier molecular flexibility index (Phi) is 9.45. The SMILES string of the molecule is COCC(C)S(=O)(=O)NC(C)(CN)CC(C)C.Cl. The zero-order chi connectivity index (χ0) is 13.7. The molecule has 0 amide bonds. The molecule has 7 heteroatoms. The van der Waals surface area contributed by atoms with Crippen molar-refractivity contribution >= 4 is 22.4 Å². The van der Waals surface area contributed by atoms with Gasteiger partial charge in [0.05, 0.1) is 11.9 Å². The number of ether oxygens (including phenoxy) is 1. The van der Waals surface area contributed by atoms with E-state index < -0.39 is 20.8 Å². The minimum atomic E-state index is -3.39. The number of hydrogen-bond donors (Lipinski definition) is 2. The molecule has 0 aliphatic heterocycles. The van der Waals surface area contributed by atoms with Gasteiger partial charge in [0, 0.05) is 19.2 Å². The van der Waals surface area contributed by atoms with E-state index in [1.165, 1.54) is 7.11 Å². The molecule has 0 aliphatic carbocycles. The zero-order valence-corrected chi connectivity index (χ0v) is 13.5. The van der Waals surface area contributed by atoms with E-state index in [9.17, 15) is 8.42 Å². The molecule has 18 heavy (non-hydrogen) atoms. The topological polar surface area (TPSA) is 81.4 Å². The molecule has 0 radical (unpaired) electrons. The van der Waals surface area contributed by atoms with Crippen LogP contribution in [0.15, 0.2) is 0 Å². The van der Waals surface area contributed by atoms with E-state index in [2.05, 4.69) is 4.72 Å². The van der Waals surface area contributed by atoms with Crippen molar-refractivity contribution in [3.05, 3.63) is 0 Å². The van der Waals surface area contributed by atoms with Crippen LogP contribution in [-0.4, -0.2) is 39.5 Å². The van der Waals surface area contributed by atoms with Crippen molar-refractivity contribution in [2.24, 2.45) is 11.7 Å². The third kappa shape index (κ3) is 6.89. The zero-order valence-electron chi connectivity index (χ0n) is 11.9. The van der Waals surface area contributed by atoms with E-state index in [1.807, 2.05) is 20.8 Å². The van der Waals surface area contributed by atoms with Crippen molar-refractivity contribution in [1.29, 1.82) is 0 Å². The van der Waals surface area contributed by atoms with Crippen molar-refractivity contribution in [3.63, 3.8) is 0 Å². The summed E-state index contributed by atoms with van der Waals surface area (Å²) in [5.74, 6) is 0.379. The maximum atomic E-state index is 12.0. The molecule has 0 aromatic rings. The van der Waals surface area contributed by atoms with Crippen molar-refractivity contribution < 1.29 is 13.2 Å². The van der Waals surface area contributed by atoms with Crippen LogP contribution in [0.5, 0.6) is 0 Å². The third-order valence-corrected chi connectivity index (χ3v) is 4.60. The molecule has 0 aromatic carbocycles. The number of rotatable bonds is 8. The smallest absolute Gasteiger partial charge is 0.217 e. The Morgan fingerprint density at radius 3 is 2.17 bits per heavy atom. The second kappa shape index (κ2) is 8.32. The lowest BCUT2D eigenvalue weighted by atomic mass is 9.92. The minimum absolute atomic E-state index is 0. The van der Waals surface area contributed by atoms with Crippen molar-refractivity contribution in [2.75, 3.05) is 20.3 Å². The largest absolute Gasteiger partial charge is 0.383 e. The second-order valence-electron chi connectivity index (χ2n) is 5.28. The van der Waals surface area contributed by atoms with E-state index in [-0.39, 0.29) is 25.6 Å². The number of sulfonamides is 1. The second-order valence-corrected chi connectivity index (χ2v) is 7.37. The first-order valence-electron chi connectivity index (χ1n) is 5.88. The molecule has 2 unspecified atom stereocenters. The summed E-state index contributed by atoms with van der Waals surface area (Å²) < 4.78 is 31.6. The van der Waals surface area contributed by atoms with Gasteiger partial charge in [-0.15, -0.1) is 12.4 Å². The Hall–Kier alpha value is 0.120. The fraction of sp³-hybridized carbons (Fsp3) is 1.00. The average molecular weight is 303 g/mol. The summed E-state index contributed by atoms with van der Waals surface area (Å²) in [5, 5.41) is -0.578. The lowest BCUT2D eigenvalue weighted by Gasteiger charge is -2.32. The fourth-order valence-corrected chi connectivity index (χ4v) is 3.21. The highest BCUT2D eigenvalue weighted by Crippen LogP contribution is 2.17. The highest BCUT2D eigenvalue weighted by molar-refractivity contribution is 7.90. The van der Waals surface area contributed by atoms with Gasteiger partial charge in [0.2, 0.25) is 10.0 Å². The van der Waals surface area contributed by atoms with Gasteiger partial charge in [-0.1, -0.05) is 13.8 Å². The summed E-state index contributed by atoms with van der Waals surface area (Å²) >= 11 is 0. The van der Waals surface area contributed by atoms with E-state index in [0.29, 0.717) is 12.3 Å². The van der Waals surface area contributed by atoms with Gasteiger partial charge in [-0.3, -0.25) is 0 Å². The molecule has 5 nitrogen and oxygen atoms in total. The number of nitrogens with one attached hydrogen (secondary N) is 1. The molecule has 0 fully saturated rings. The van der Waals surface area contributed by atoms with Crippen LogP contribution in [0, 0.1) is 5.92 Å². The molecular weight excluding hydrogens is 276 g/mol. The maximum absolute atomic E-state index is 12.0. The van der Waals surface area contributed by atoms with Gasteiger partial charge in [0.15, 0.2) is 0 Å². The van der Waals surface area contributed by atoms with Gasteiger partial charge >= 0.3 is 0 Å². The van der Waals surface area contributed by atoms with E-state index in [0.717, 1.165) is 0 Å². The van der Waals surface area contributed by atoms with E-state index in [4.69, 9.17) is 10.5 Å². The van der Waals surface area contributed by atoms with Crippen LogP contribution in [0.1, 0.15) is 34.1 Å². The first-order chi connectivity index (χ1) is 7.67. The Morgan fingerprint density at radius 2 is 1.83 bits per heavy atom. The highest BCUT2D eigenvalue weighted by Gasteiger charge is 2.32. The Balaban J connectivity index is 0. The Bertz CT molecular complexity index is 322. The highest BCUT2D eigenvalue weighted by atomic mass is 35.5. The van der Waals surface area contributed by atoms with Crippen molar-refractivity contribution in [2.45, 2.75) is 44.9 Å². The van der Waals surface area contributed by atoms with Crippen molar-refractivity contribution in [1.82, 2.24) is 4.72 Å². The molecule has 0 saturated heterocycles. The predicted octanol–water partition coefficient (Wildman–Crippen LogP) is 1.13. The Labute approximate surface area is 117 Å². The van der Waals surface area contributed by atoms with Crippen LogP contribution in [-0.2, 0) is 14.8 Å². The third-order valence-electron chi connectivity index (χ3n) is 2.63. The van der Waals surface area contributed by atoms with Gasteiger partial charge in [0.1, 0.15) is 0 Å². The quantitative estimate of drug-likeness (QED) is 0.704. The van der Waals surface area contributed by atoms with Crippen LogP contribution < -0.4 is 10.5 Å². The maximum Gasteiger partial charge on any atom is 0.217 e. The molecule has 0 heterocycles. The number of methoxy groups -OCH3 is 1. The lowest BCUT2D eigenvalue weighted by Crippen LogP contribution is -2.54. The van der Waals surface area contributed by atoms with Crippen molar-refractivity contribution in [3.8, 4) is 0 Å². The van der Waals surface area contributed by atoms with Gasteiger partial charge in [0.25, 0.3) is 0 Å². The summed E-state index contributed by atoms with van der Waals surface area (Å²) in [7, 11) is -1.90. The predicted molar refractivity (Wildman–Crippen MR) is 77.6 cm³/mol. The summed E-state index contributed by atoms with van der Waals surface area (Å²) in [4.78, 5) is 0. The number of nitrogens with two attached hydrogens (primary N) is 1. The standard InChI is InChI=1S/C11H26N2O3S.ClH/c1-9(2)6-11(4,8-12)13-17(14,15)10(3)7-16-5;/h9-10,13H,6-8,12H2,1-5H3;1H. The Morgan fingerprint density at radius 1 is 1.33 bits per heavy atom. The molecule has 0 aromatic heterocycles. The van der Waals surface area contributed by atoms with Crippen LogP contribution in [0.3, 0.4) is 0 Å². The molecule has 0 spiro atoms. The fourth-order valence-electron chi connectivity index (χ4n) is 1.84. The molecule has 0 saturated carbocycles. The van der Waals surface area contributed by atoms with Crippen LogP contribution in [0.4, 0.5) is 0 Å².